The third-order valence-electron chi connectivity index (χ3n) is 3.43. The fourth-order valence-electron chi connectivity index (χ4n) is 2.30. The second-order valence-electron chi connectivity index (χ2n) is 4.84. The average molecular weight is 272 g/mol. The average Bonchev–Trinajstić information content (AvgIpc) is 2.77. The van der Waals surface area contributed by atoms with E-state index in [9.17, 15) is 4.39 Å². The highest BCUT2D eigenvalue weighted by Gasteiger charge is 2.27. The number of nitrogens with two attached hydrogens (primary N) is 1. The summed E-state index contributed by atoms with van der Waals surface area (Å²) < 4.78 is 13.0. The van der Waals surface area contributed by atoms with E-state index in [0.717, 1.165) is 24.8 Å². The topological polar surface area (TPSA) is 50.1 Å². The van der Waals surface area contributed by atoms with Gasteiger partial charge in [0.25, 0.3) is 0 Å². The summed E-state index contributed by atoms with van der Waals surface area (Å²) >= 11 is 6.06. The lowest BCUT2D eigenvalue weighted by atomic mass is 9.97. The zero-order valence-corrected chi connectivity index (χ0v) is 11.2. The Kier molecular flexibility index (Phi) is 4.56. The molecule has 1 aromatic carbocycles. The van der Waals surface area contributed by atoms with Crippen molar-refractivity contribution in [2.45, 2.75) is 44.3 Å². The van der Waals surface area contributed by atoms with E-state index in [1.165, 1.54) is 12.1 Å². The summed E-state index contributed by atoms with van der Waals surface area (Å²) in [6, 6.07) is 5.20. The third-order valence-corrected chi connectivity index (χ3v) is 3.76. The molecule has 1 heterocycles. The first-order valence-electron chi connectivity index (χ1n) is 6.31. The van der Waals surface area contributed by atoms with Gasteiger partial charge in [0.2, 0.25) is 0 Å². The lowest BCUT2D eigenvalue weighted by molar-refractivity contribution is 0.460. The van der Waals surface area contributed by atoms with Crippen LogP contribution >= 0.6 is 11.6 Å². The van der Waals surface area contributed by atoms with Crippen molar-refractivity contribution in [1.82, 2.24) is 10.9 Å². The van der Waals surface area contributed by atoms with Crippen molar-refractivity contribution in [3.8, 4) is 0 Å². The van der Waals surface area contributed by atoms with E-state index in [1.54, 1.807) is 6.07 Å². The van der Waals surface area contributed by atoms with Crippen LogP contribution in [0.3, 0.4) is 0 Å². The van der Waals surface area contributed by atoms with Crippen molar-refractivity contribution in [2.24, 2.45) is 5.73 Å². The lowest BCUT2D eigenvalue weighted by Crippen LogP contribution is -2.35. The molecule has 1 fully saturated rings. The molecule has 3 nitrogen and oxygen atoms in total. The molecule has 0 aromatic heterocycles. The molecule has 0 bridgehead atoms. The summed E-state index contributed by atoms with van der Waals surface area (Å²) in [5, 5.41) is 0.467. The lowest BCUT2D eigenvalue weighted by Gasteiger charge is -2.14. The Balaban J connectivity index is 2.00. The quantitative estimate of drug-likeness (QED) is 0.789. The highest BCUT2D eigenvalue weighted by Crippen LogP contribution is 2.30. The minimum atomic E-state index is -0.306. The predicted molar refractivity (Wildman–Crippen MR) is 71.7 cm³/mol. The van der Waals surface area contributed by atoms with Gasteiger partial charge in [-0.1, -0.05) is 24.6 Å². The molecular weight excluding hydrogens is 253 g/mol. The van der Waals surface area contributed by atoms with Crippen LogP contribution in [0.5, 0.6) is 0 Å². The summed E-state index contributed by atoms with van der Waals surface area (Å²) in [6.45, 7) is 2.08. The number of hydrogen-bond donors (Lipinski definition) is 3. The molecule has 1 aromatic rings. The molecule has 0 spiro atoms. The first-order valence-corrected chi connectivity index (χ1v) is 6.69. The Morgan fingerprint density at radius 1 is 1.50 bits per heavy atom. The molecule has 3 unspecified atom stereocenters. The number of halogens is 2. The highest BCUT2D eigenvalue weighted by molar-refractivity contribution is 6.31. The van der Waals surface area contributed by atoms with Gasteiger partial charge < -0.3 is 5.73 Å². The van der Waals surface area contributed by atoms with E-state index < -0.39 is 0 Å². The number of nitrogens with one attached hydrogen (secondary N) is 2. The fraction of sp³-hybridized carbons (Fsp3) is 0.538. The zero-order chi connectivity index (χ0) is 13.1. The molecule has 5 heteroatoms. The Morgan fingerprint density at radius 3 is 2.94 bits per heavy atom. The van der Waals surface area contributed by atoms with Gasteiger partial charge in [-0.2, -0.15) is 0 Å². The smallest absolute Gasteiger partial charge is 0.124 e. The van der Waals surface area contributed by atoms with E-state index in [2.05, 4.69) is 17.8 Å². The second-order valence-corrected chi connectivity index (χ2v) is 5.25. The number of hydrazine groups is 1. The van der Waals surface area contributed by atoms with Crippen molar-refractivity contribution in [1.29, 1.82) is 0 Å². The van der Waals surface area contributed by atoms with Crippen LogP contribution in [0.4, 0.5) is 4.39 Å². The summed E-state index contributed by atoms with van der Waals surface area (Å²) in [5.41, 5.74) is 13.3. The number of hydrogen-bond acceptors (Lipinski definition) is 3. The molecular formula is C13H19ClFN3. The molecule has 4 N–H and O–H groups in total. The van der Waals surface area contributed by atoms with Crippen LogP contribution in [0.15, 0.2) is 18.2 Å². The van der Waals surface area contributed by atoms with Gasteiger partial charge in [0, 0.05) is 23.1 Å². The van der Waals surface area contributed by atoms with E-state index in [1.807, 2.05) is 0 Å². The van der Waals surface area contributed by atoms with Crippen molar-refractivity contribution < 1.29 is 4.39 Å². The van der Waals surface area contributed by atoms with Crippen LogP contribution in [0.25, 0.3) is 0 Å². The normalized spacial score (nSPS) is 25.3. The Morgan fingerprint density at radius 2 is 2.28 bits per heavy atom. The van der Waals surface area contributed by atoms with Gasteiger partial charge in [0.15, 0.2) is 0 Å². The molecule has 18 heavy (non-hydrogen) atoms. The molecule has 1 aliphatic heterocycles. The van der Waals surface area contributed by atoms with Crippen molar-refractivity contribution in [3.63, 3.8) is 0 Å². The summed E-state index contributed by atoms with van der Waals surface area (Å²) in [7, 11) is 0. The highest BCUT2D eigenvalue weighted by atomic mass is 35.5. The number of benzene rings is 1. The van der Waals surface area contributed by atoms with Gasteiger partial charge in [0.1, 0.15) is 5.82 Å². The summed E-state index contributed by atoms with van der Waals surface area (Å²) in [5.74, 6) is -0.306. The fourth-order valence-corrected chi connectivity index (χ4v) is 2.60. The molecule has 3 atom stereocenters. The van der Waals surface area contributed by atoms with Crippen molar-refractivity contribution in [2.75, 3.05) is 0 Å². The van der Waals surface area contributed by atoms with Crippen LogP contribution in [0, 0.1) is 5.82 Å². The maximum Gasteiger partial charge on any atom is 0.124 e. The van der Waals surface area contributed by atoms with Gasteiger partial charge in [0.05, 0.1) is 0 Å². The Labute approximate surface area is 112 Å². The van der Waals surface area contributed by atoms with Gasteiger partial charge in [-0.15, -0.1) is 0 Å². The summed E-state index contributed by atoms with van der Waals surface area (Å²) in [6.07, 6.45) is 2.82. The van der Waals surface area contributed by atoms with Gasteiger partial charge in [-0.25, -0.2) is 9.82 Å². The van der Waals surface area contributed by atoms with Crippen molar-refractivity contribution in [3.05, 3.63) is 34.6 Å². The SMILES string of the molecule is CCC(N)CC1CC(c2ccc(F)cc2Cl)NN1. The summed E-state index contributed by atoms with van der Waals surface area (Å²) in [4.78, 5) is 0. The first kappa shape index (κ1) is 13.7. The van der Waals surface area contributed by atoms with Gasteiger partial charge in [-0.3, -0.25) is 5.43 Å². The van der Waals surface area contributed by atoms with Gasteiger partial charge in [-0.05, 0) is 37.0 Å². The van der Waals surface area contributed by atoms with E-state index >= 15 is 0 Å². The molecule has 0 aliphatic carbocycles. The standard InChI is InChI=1S/C13H19ClFN3/c1-2-9(16)6-10-7-13(18-17-10)11-4-3-8(15)5-12(11)14/h3-5,9-10,13,17-18H,2,6-7,16H2,1H3. The maximum atomic E-state index is 13.0. The largest absolute Gasteiger partial charge is 0.328 e. The zero-order valence-electron chi connectivity index (χ0n) is 10.4. The monoisotopic (exact) mass is 271 g/mol. The number of rotatable bonds is 4. The van der Waals surface area contributed by atoms with Crippen molar-refractivity contribution >= 4 is 11.6 Å². The van der Waals surface area contributed by atoms with E-state index in [4.69, 9.17) is 17.3 Å². The molecule has 2 rings (SSSR count). The molecule has 1 saturated heterocycles. The minimum Gasteiger partial charge on any atom is -0.328 e. The maximum absolute atomic E-state index is 13.0. The van der Waals surface area contributed by atoms with E-state index in [0.29, 0.717) is 11.1 Å². The molecule has 0 amide bonds. The van der Waals surface area contributed by atoms with Crippen LogP contribution in [-0.4, -0.2) is 12.1 Å². The molecule has 0 radical (unpaired) electrons. The first-order chi connectivity index (χ1) is 8.60. The molecule has 100 valence electrons. The molecule has 1 aliphatic rings. The second kappa shape index (κ2) is 5.97. The van der Waals surface area contributed by atoms with E-state index in [-0.39, 0.29) is 17.9 Å². The van der Waals surface area contributed by atoms with Crippen LogP contribution in [0.2, 0.25) is 5.02 Å². The third kappa shape index (κ3) is 3.20. The van der Waals surface area contributed by atoms with Crippen LogP contribution in [-0.2, 0) is 0 Å². The van der Waals surface area contributed by atoms with Crippen LogP contribution < -0.4 is 16.6 Å². The minimum absolute atomic E-state index is 0.118. The van der Waals surface area contributed by atoms with Gasteiger partial charge >= 0.3 is 0 Å². The van der Waals surface area contributed by atoms with Crippen LogP contribution in [0.1, 0.15) is 37.8 Å². The molecule has 0 saturated carbocycles. The Hall–Kier alpha value is -0.680. The Bertz CT molecular complexity index is 413. The predicted octanol–water partition coefficient (Wildman–Crippen LogP) is 2.51.